The summed E-state index contributed by atoms with van der Waals surface area (Å²) in [6.07, 6.45) is 4.06. The molecule has 136 valence electrons. The van der Waals surface area contributed by atoms with Crippen molar-refractivity contribution in [2.75, 3.05) is 0 Å². The number of ether oxygens (including phenoxy) is 1. The molecule has 5 rings (SSSR count). The molecule has 0 spiro atoms. The molecule has 1 aliphatic heterocycles. The van der Waals surface area contributed by atoms with Gasteiger partial charge in [0, 0.05) is 0 Å². The van der Waals surface area contributed by atoms with Crippen LogP contribution in [0.1, 0.15) is 37.0 Å². The Bertz CT molecular complexity index is 1100. The summed E-state index contributed by atoms with van der Waals surface area (Å²) < 4.78 is 6.21. The molecule has 0 amide bonds. The van der Waals surface area contributed by atoms with Gasteiger partial charge in [0.25, 0.3) is 0 Å². The zero-order chi connectivity index (χ0) is 19.3. The van der Waals surface area contributed by atoms with Crippen molar-refractivity contribution in [3.63, 3.8) is 0 Å². The molecule has 0 bridgehead atoms. The van der Waals surface area contributed by atoms with Crippen LogP contribution in [0.3, 0.4) is 0 Å². The van der Waals surface area contributed by atoms with Crippen molar-refractivity contribution in [3.8, 4) is 22.3 Å². The number of hydrogen-bond donors (Lipinski definition) is 0. The number of rotatable bonds is 1. The minimum absolute atomic E-state index is 0.113. The second-order valence-electron chi connectivity index (χ2n) is 8.17. The molecule has 1 aliphatic carbocycles. The molecule has 2 atom stereocenters. The Hall–Kier alpha value is -2.58. The van der Waals surface area contributed by atoms with Gasteiger partial charge in [-0.1, -0.05) is 72.3 Å². The Labute approximate surface area is 168 Å². The van der Waals surface area contributed by atoms with Gasteiger partial charge in [-0.15, -0.1) is 0 Å². The third kappa shape index (κ3) is 2.84. The highest BCUT2D eigenvalue weighted by Crippen LogP contribution is 2.43. The Morgan fingerprint density at radius 1 is 0.857 bits per heavy atom. The lowest BCUT2D eigenvalue weighted by Gasteiger charge is -2.37. The quantitative estimate of drug-likeness (QED) is 0.298. The molecule has 0 N–H and O–H groups in total. The van der Waals surface area contributed by atoms with Crippen molar-refractivity contribution in [1.82, 2.24) is 0 Å². The normalized spacial score (nSPS) is 23.1. The average Bonchev–Trinajstić information content (AvgIpc) is 2.81. The van der Waals surface area contributed by atoms with Gasteiger partial charge in [-0.3, -0.25) is 0 Å². The summed E-state index contributed by atoms with van der Waals surface area (Å²) >= 11 is 0. The second kappa shape index (κ2) is 6.50. The van der Waals surface area contributed by atoms with E-state index in [1.54, 1.807) is 0 Å². The van der Waals surface area contributed by atoms with Crippen LogP contribution in [0, 0.1) is 0 Å². The minimum Gasteiger partial charge on any atom is -0.373 e. The molecule has 3 aromatic rings. The number of benzene rings is 3. The Balaban J connectivity index is 1.75. The summed E-state index contributed by atoms with van der Waals surface area (Å²) in [5, 5.41) is 0. The zero-order valence-electron chi connectivity index (χ0n) is 16.4. The van der Waals surface area contributed by atoms with Gasteiger partial charge in [-0.25, -0.2) is 0 Å². The summed E-state index contributed by atoms with van der Waals surface area (Å²) in [5.74, 6) is 0. The van der Waals surface area contributed by atoms with E-state index >= 15 is 0 Å². The first-order valence-electron chi connectivity index (χ1n) is 9.99. The Morgan fingerprint density at radius 2 is 1.50 bits per heavy atom. The average molecular weight is 362 g/mol. The van der Waals surface area contributed by atoms with E-state index in [4.69, 9.17) is 12.6 Å². The van der Waals surface area contributed by atoms with E-state index in [2.05, 4.69) is 86.7 Å². The van der Waals surface area contributed by atoms with Gasteiger partial charge in [-0.2, -0.15) is 0 Å². The van der Waals surface area contributed by atoms with Crippen LogP contribution < -0.4 is 0 Å². The Morgan fingerprint density at radius 3 is 2.18 bits per heavy atom. The predicted molar refractivity (Wildman–Crippen MR) is 116 cm³/mol. The van der Waals surface area contributed by atoms with E-state index in [9.17, 15) is 0 Å². The van der Waals surface area contributed by atoms with Crippen LogP contribution >= 0.6 is 0 Å². The summed E-state index contributed by atoms with van der Waals surface area (Å²) in [6, 6.07) is 24.0. The summed E-state index contributed by atoms with van der Waals surface area (Å²) in [4.78, 5) is 0. The van der Waals surface area contributed by atoms with Crippen LogP contribution in [0.5, 0.6) is 0 Å². The number of fused-ring (bicyclic) bond motifs is 5. The number of hydrogen-bond acceptors (Lipinski definition) is 1. The topological polar surface area (TPSA) is 9.23 Å². The molecular weight excluding hydrogens is 339 g/mol. The standard InChI is InChI=1S/C26H23BO/c1-17-13-18(2)28-26(27,16-17)21-11-12-24-22-9-5-3-7-19(22)14-20-8-4-6-10-23(20)25(24)15-21/h3-12,15-16,18H,13-14H2,1-2H3. The minimum atomic E-state index is -0.877. The first-order chi connectivity index (χ1) is 13.5. The highest BCUT2D eigenvalue weighted by molar-refractivity contribution is 6.16. The van der Waals surface area contributed by atoms with Crippen LogP contribution in [0.2, 0.25) is 0 Å². The predicted octanol–water partition coefficient (Wildman–Crippen LogP) is 6.00. The molecule has 2 radical (unpaired) electrons. The van der Waals surface area contributed by atoms with Crippen LogP contribution in [0.15, 0.2) is 78.4 Å². The van der Waals surface area contributed by atoms with E-state index in [0.717, 1.165) is 18.4 Å². The van der Waals surface area contributed by atoms with Crippen molar-refractivity contribution in [2.45, 2.75) is 38.3 Å². The maximum absolute atomic E-state index is 6.75. The van der Waals surface area contributed by atoms with E-state index in [0.29, 0.717) is 0 Å². The van der Waals surface area contributed by atoms with Crippen molar-refractivity contribution in [2.24, 2.45) is 0 Å². The molecule has 2 aliphatic rings. The van der Waals surface area contributed by atoms with Crippen molar-refractivity contribution < 1.29 is 4.74 Å². The second-order valence-corrected chi connectivity index (χ2v) is 8.17. The van der Waals surface area contributed by atoms with E-state index in [-0.39, 0.29) is 6.10 Å². The summed E-state index contributed by atoms with van der Waals surface area (Å²) in [7, 11) is 6.75. The molecule has 3 aromatic carbocycles. The summed E-state index contributed by atoms with van der Waals surface area (Å²) in [5.41, 5.74) is 9.20. The Kier molecular flexibility index (Phi) is 4.06. The maximum atomic E-state index is 6.75. The largest absolute Gasteiger partial charge is 0.373 e. The van der Waals surface area contributed by atoms with E-state index in [1.165, 1.54) is 39.0 Å². The molecule has 1 heterocycles. The van der Waals surface area contributed by atoms with Gasteiger partial charge < -0.3 is 4.74 Å². The van der Waals surface area contributed by atoms with Crippen LogP contribution in [-0.4, -0.2) is 14.0 Å². The smallest absolute Gasteiger partial charge is 0.126 e. The fourth-order valence-corrected chi connectivity index (χ4v) is 4.76. The molecule has 28 heavy (non-hydrogen) atoms. The fourth-order valence-electron chi connectivity index (χ4n) is 4.76. The monoisotopic (exact) mass is 362 g/mol. The third-order valence-corrected chi connectivity index (χ3v) is 5.93. The first-order valence-corrected chi connectivity index (χ1v) is 9.99. The SMILES string of the molecule is [B]C1(c2ccc3c(c2)-c2ccccc2Cc2ccccc2-3)C=C(C)CC(C)O1. The molecule has 0 aromatic heterocycles. The zero-order valence-corrected chi connectivity index (χ0v) is 16.4. The summed E-state index contributed by atoms with van der Waals surface area (Å²) in [6.45, 7) is 4.22. The highest BCUT2D eigenvalue weighted by Gasteiger charge is 2.32. The third-order valence-electron chi connectivity index (χ3n) is 5.93. The van der Waals surface area contributed by atoms with Gasteiger partial charge in [0.15, 0.2) is 0 Å². The molecule has 0 saturated heterocycles. The molecule has 0 fully saturated rings. The van der Waals surface area contributed by atoms with Crippen molar-refractivity contribution >= 4 is 7.85 Å². The van der Waals surface area contributed by atoms with Gasteiger partial charge in [0.1, 0.15) is 7.85 Å². The lowest BCUT2D eigenvalue weighted by molar-refractivity contribution is -0.0160. The van der Waals surface area contributed by atoms with E-state index < -0.39 is 5.50 Å². The van der Waals surface area contributed by atoms with Gasteiger partial charge in [-0.05, 0) is 71.7 Å². The van der Waals surface area contributed by atoms with Crippen LogP contribution in [0.25, 0.3) is 22.3 Å². The molecule has 0 saturated carbocycles. The van der Waals surface area contributed by atoms with Gasteiger partial charge in [0.2, 0.25) is 0 Å². The lowest BCUT2D eigenvalue weighted by Crippen LogP contribution is -2.35. The molecular formula is C26H23BO. The van der Waals surface area contributed by atoms with Gasteiger partial charge in [0.05, 0.1) is 11.6 Å². The van der Waals surface area contributed by atoms with E-state index in [1.807, 2.05) is 0 Å². The van der Waals surface area contributed by atoms with Gasteiger partial charge >= 0.3 is 0 Å². The highest BCUT2D eigenvalue weighted by atomic mass is 16.5. The molecule has 1 nitrogen and oxygen atoms in total. The van der Waals surface area contributed by atoms with Crippen LogP contribution in [-0.2, 0) is 16.7 Å². The van der Waals surface area contributed by atoms with Crippen molar-refractivity contribution in [3.05, 3.63) is 95.1 Å². The maximum Gasteiger partial charge on any atom is 0.126 e. The molecule has 2 heteroatoms. The van der Waals surface area contributed by atoms with Crippen LogP contribution in [0.4, 0.5) is 0 Å². The fraction of sp³-hybridized carbons (Fsp3) is 0.231. The molecule has 2 unspecified atom stereocenters. The van der Waals surface area contributed by atoms with Crippen molar-refractivity contribution in [1.29, 1.82) is 0 Å². The lowest BCUT2D eigenvalue weighted by atomic mass is 9.71. The first kappa shape index (κ1) is 17.5.